The molecular weight excluding hydrogens is 358 g/mol. The second-order valence-corrected chi connectivity index (χ2v) is 8.58. The van der Waals surface area contributed by atoms with Crippen LogP contribution in [0.25, 0.3) is 0 Å². The van der Waals surface area contributed by atoms with Crippen LogP contribution in [0.3, 0.4) is 0 Å². The molecule has 1 aromatic rings. The van der Waals surface area contributed by atoms with E-state index in [1.54, 1.807) is 35.1 Å². The van der Waals surface area contributed by atoms with Crippen LogP contribution >= 0.6 is 0 Å². The van der Waals surface area contributed by atoms with Crippen LogP contribution < -0.4 is 9.64 Å². The molecule has 0 bridgehead atoms. The molecule has 2 saturated heterocycles. The van der Waals surface area contributed by atoms with Gasteiger partial charge in [-0.2, -0.15) is 4.31 Å². The van der Waals surface area contributed by atoms with Crippen molar-refractivity contribution in [1.29, 1.82) is 0 Å². The maximum absolute atomic E-state index is 12.8. The number of carbonyl (C=O) groups excluding carboxylic acids is 2. The molecule has 9 heteroatoms. The predicted octanol–water partition coefficient (Wildman–Crippen LogP) is 0.152. The number of hydrogen-bond donors (Lipinski definition) is 0. The second-order valence-electron chi connectivity index (χ2n) is 6.59. The summed E-state index contributed by atoms with van der Waals surface area (Å²) in [6, 6.07) is 7.20. The normalized spacial score (nSPS) is 21.9. The molecule has 1 aromatic carbocycles. The van der Waals surface area contributed by atoms with Gasteiger partial charge in [0.1, 0.15) is 5.75 Å². The Balaban J connectivity index is 1.64. The van der Waals surface area contributed by atoms with Crippen molar-refractivity contribution in [1.82, 2.24) is 9.21 Å². The highest BCUT2D eigenvalue weighted by atomic mass is 32.2. The van der Waals surface area contributed by atoms with E-state index in [4.69, 9.17) is 4.74 Å². The highest BCUT2D eigenvalue weighted by Crippen LogP contribution is 2.29. The standard InChI is InChI=1S/C17H23N3O5S/c1-25-15-5-3-4-14(11-15)20-12-13(10-16(20)21)17(22)18-6-8-19(9-7-18)26(2,23)24/h3-5,11,13H,6-10,12H2,1-2H3. The first-order chi connectivity index (χ1) is 12.3. The maximum atomic E-state index is 12.8. The number of methoxy groups -OCH3 is 1. The van der Waals surface area contributed by atoms with Gasteiger partial charge in [0.25, 0.3) is 0 Å². The molecule has 0 N–H and O–H groups in total. The fourth-order valence-corrected chi connectivity index (χ4v) is 4.23. The molecule has 2 amide bonds. The molecule has 2 aliphatic rings. The number of ether oxygens (including phenoxy) is 1. The smallest absolute Gasteiger partial charge is 0.228 e. The Hall–Kier alpha value is -2.13. The first-order valence-corrected chi connectivity index (χ1v) is 10.3. The second kappa shape index (κ2) is 7.24. The van der Waals surface area contributed by atoms with Gasteiger partial charge >= 0.3 is 0 Å². The molecule has 0 radical (unpaired) electrons. The maximum Gasteiger partial charge on any atom is 0.228 e. The molecule has 3 rings (SSSR count). The van der Waals surface area contributed by atoms with Crippen LogP contribution in [-0.2, 0) is 19.6 Å². The van der Waals surface area contributed by atoms with Crippen molar-refractivity contribution in [2.45, 2.75) is 6.42 Å². The third-order valence-electron chi connectivity index (χ3n) is 4.86. The average molecular weight is 381 g/mol. The monoisotopic (exact) mass is 381 g/mol. The molecule has 0 saturated carbocycles. The summed E-state index contributed by atoms with van der Waals surface area (Å²) in [7, 11) is -1.67. The minimum absolute atomic E-state index is 0.0862. The van der Waals surface area contributed by atoms with Gasteiger partial charge in [-0.25, -0.2) is 8.42 Å². The van der Waals surface area contributed by atoms with Crippen LogP contribution in [0.4, 0.5) is 5.69 Å². The summed E-state index contributed by atoms with van der Waals surface area (Å²) in [5.41, 5.74) is 0.714. The minimum atomic E-state index is -3.23. The number of benzene rings is 1. The molecule has 8 nitrogen and oxygen atoms in total. The first kappa shape index (κ1) is 18.7. The van der Waals surface area contributed by atoms with Crippen molar-refractivity contribution in [3.05, 3.63) is 24.3 Å². The Morgan fingerprint density at radius 1 is 1.19 bits per heavy atom. The van der Waals surface area contributed by atoms with Crippen LogP contribution in [0.15, 0.2) is 24.3 Å². The lowest BCUT2D eigenvalue weighted by Gasteiger charge is -2.34. The Labute approximate surface area is 153 Å². The summed E-state index contributed by atoms with van der Waals surface area (Å²) in [5, 5.41) is 0. The number of amides is 2. The van der Waals surface area contributed by atoms with Crippen LogP contribution in [0.2, 0.25) is 0 Å². The number of anilines is 1. The third kappa shape index (κ3) is 3.83. The predicted molar refractivity (Wildman–Crippen MR) is 96.5 cm³/mol. The zero-order valence-corrected chi connectivity index (χ0v) is 15.7. The summed E-state index contributed by atoms with van der Waals surface area (Å²) in [4.78, 5) is 28.4. The first-order valence-electron chi connectivity index (χ1n) is 8.48. The summed E-state index contributed by atoms with van der Waals surface area (Å²) in [5.74, 6) is 0.0729. The summed E-state index contributed by atoms with van der Waals surface area (Å²) >= 11 is 0. The SMILES string of the molecule is COc1cccc(N2CC(C(=O)N3CCN(S(C)(=O)=O)CC3)CC2=O)c1. The zero-order chi connectivity index (χ0) is 18.9. The van der Waals surface area contributed by atoms with Gasteiger partial charge in [0.05, 0.1) is 19.3 Å². The van der Waals surface area contributed by atoms with Gasteiger partial charge in [0.2, 0.25) is 21.8 Å². The number of nitrogens with zero attached hydrogens (tertiary/aromatic N) is 3. The molecular formula is C17H23N3O5S. The molecule has 26 heavy (non-hydrogen) atoms. The van der Waals surface area contributed by atoms with E-state index < -0.39 is 15.9 Å². The highest BCUT2D eigenvalue weighted by Gasteiger charge is 2.38. The topological polar surface area (TPSA) is 87.2 Å². The zero-order valence-electron chi connectivity index (χ0n) is 14.9. The van der Waals surface area contributed by atoms with Crippen molar-refractivity contribution in [2.75, 3.05) is 51.0 Å². The van der Waals surface area contributed by atoms with E-state index in [2.05, 4.69) is 0 Å². The molecule has 2 fully saturated rings. The van der Waals surface area contributed by atoms with Gasteiger partial charge in [-0.1, -0.05) is 6.07 Å². The summed E-state index contributed by atoms with van der Waals surface area (Å²) in [6.07, 6.45) is 1.34. The van der Waals surface area contributed by atoms with Crippen LogP contribution in [0.1, 0.15) is 6.42 Å². The van der Waals surface area contributed by atoms with Gasteiger partial charge in [0, 0.05) is 50.9 Å². The van der Waals surface area contributed by atoms with Crippen LogP contribution in [-0.4, -0.2) is 75.5 Å². The highest BCUT2D eigenvalue weighted by molar-refractivity contribution is 7.88. The molecule has 0 spiro atoms. The Kier molecular flexibility index (Phi) is 5.19. The molecule has 1 atom stereocenters. The molecule has 142 valence electrons. The van der Waals surface area contributed by atoms with E-state index in [1.165, 1.54) is 10.6 Å². The van der Waals surface area contributed by atoms with Crippen molar-refractivity contribution >= 4 is 27.5 Å². The number of piperazine rings is 1. The minimum Gasteiger partial charge on any atom is -0.497 e. The fraction of sp³-hybridized carbons (Fsp3) is 0.529. The number of sulfonamides is 1. The van der Waals surface area contributed by atoms with Gasteiger partial charge < -0.3 is 14.5 Å². The van der Waals surface area contributed by atoms with E-state index in [0.29, 0.717) is 44.2 Å². The lowest BCUT2D eigenvalue weighted by molar-refractivity contribution is -0.136. The van der Waals surface area contributed by atoms with Crippen molar-refractivity contribution in [3.8, 4) is 5.75 Å². The van der Waals surface area contributed by atoms with Gasteiger partial charge in [0.15, 0.2) is 0 Å². The van der Waals surface area contributed by atoms with Crippen LogP contribution in [0.5, 0.6) is 5.75 Å². The van der Waals surface area contributed by atoms with Crippen molar-refractivity contribution in [3.63, 3.8) is 0 Å². The molecule has 0 aromatic heterocycles. The molecule has 2 aliphatic heterocycles. The fourth-order valence-electron chi connectivity index (χ4n) is 3.40. The third-order valence-corrected chi connectivity index (χ3v) is 6.16. The van der Waals surface area contributed by atoms with E-state index >= 15 is 0 Å². The Morgan fingerprint density at radius 2 is 1.88 bits per heavy atom. The number of hydrogen-bond acceptors (Lipinski definition) is 5. The van der Waals surface area contributed by atoms with Crippen molar-refractivity contribution in [2.24, 2.45) is 5.92 Å². The van der Waals surface area contributed by atoms with E-state index in [0.717, 1.165) is 0 Å². The average Bonchev–Trinajstić information content (AvgIpc) is 3.02. The molecule has 0 aliphatic carbocycles. The van der Waals surface area contributed by atoms with Gasteiger partial charge in [-0.15, -0.1) is 0 Å². The summed E-state index contributed by atoms with van der Waals surface area (Å²) < 4.78 is 29.7. The van der Waals surface area contributed by atoms with E-state index in [-0.39, 0.29) is 18.2 Å². The number of carbonyl (C=O) groups is 2. The van der Waals surface area contributed by atoms with Gasteiger partial charge in [-0.3, -0.25) is 9.59 Å². The molecule has 1 unspecified atom stereocenters. The van der Waals surface area contributed by atoms with Crippen LogP contribution in [0, 0.1) is 5.92 Å². The largest absolute Gasteiger partial charge is 0.497 e. The Morgan fingerprint density at radius 3 is 2.50 bits per heavy atom. The van der Waals surface area contributed by atoms with E-state index in [9.17, 15) is 18.0 Å². The lowest BCUT2D eigenvalue weighted by Crippen LogP contribution is -2.51. The molecule has 2 heterocycles. The van der Waals surface area contributed by atoms with Gasteiger partial charge in [-0.05, 0) is 12.1 Å². The quantitative estimate of drug-likeness (QED) is 0.741. The summed E-state index contributed by atoms with van der Waals surface area (Å²) in [6.45, 7) is 1.64. The Bertz CT molecular complexity index is 802. The number of rotatable bonds is 4. The van der Waals surface area contributed by atoms with E-state index in [1.807, 2.05) is 6.07 Å². The van der Waals surface area contributed by atoms with Crippen molar-refractivity contribution < 1.29 is 22.7 Å². The lowest BCUT2D eigenvalue weighted by atomic mass is 10.1.